The zero-order chi connectivity index (χ0) is 26.5. The van der Waals surface area contributed by atoms with Gasteiger partial charge in [0.15, 0.2) is 11.9 Å². The van der Waals surface area contributed by atoms with E-state index in [-0.39, 0.29) is 32.0 Å². The molecule has 1 fully saturated rings. The fourth-order valence-electron chi connectivity index (χ4n) is 3.07. The molecule has 0 radical (unpaired) electrons. The van der Waals surface area contributed by atoms with Crippen molar-refractivity contribution in [3.05, 3.63) is 48.6 Å². The summed E-state index contributed by atoms with van der Waals surface area (Å²) in [5.74, 6) is -2.44. The number of benzene rings is 1. The number of esters is 3. The molecule has 12 heteroatoms. The molecule has 0 saturated carbocycles. The number of carbonyl (C=O) groups is 5. The van der Waals surface area contributed by atoms with E-state index in [0.717, 1.165) is 24.2 Å². The van der Waals surface area contributed by atoms with Crippen molar-refractivity contribution in [2.45, 2.75) is 50.6 Å². The zero-order valence-electron chi connectivity index (χ0n) is 20.0. The second-order valence-electron chi connectivity index (χ2n) is 7.62. The molecule has 36 heavy (non-hydrogen) atoms. The number of hydrogen-bond acceptors (Lipinski definition) is 11. The average molecular weight is 524 g/mol. The van der Waals surface area contributed by atoms with Crippen LogP contribution in [0.4, 0.5) is 4.79 Å². The van der Waals surface area contributed by atoms with Crippen LogP contribution in [0, 0.1) is 0 Å². The van der Waals surface area contributed by atoms with E-state index in [1.807, 2.05) is 6.07 Å². The summed E-state index contributed by atoms with van der Waals surface area (Å²) in [6, 6.07) is 7.88. The Morgan fingerprint density at radius 2 is 1.86 bits per heavy atom. The van der Waals surface area contributed by atoms with E-state index >= 15 is 0 Å². The fraction of sp³-hybridized carbons (Fsp3) is 0.458. The van der Waals surface area contributed by atoms with Crippen molar-refractivity contribution in [2.75, 3.05) is 19.0 Å². The van der Waals surface area contributed by atoms with Gasteiger partial charge in [-0.3, -0.25) is 14.4 Å². The number of nitrogens with one attached hydrogen (secondary N) is 1. The predicted molar refractivity (Wildman–Crippen MR) is 128 cm³/mol. The van der Waals surface area contributed by atoms with Gasteiger partial charge in [0.1, 0.15) is 37.4 Å². The van der Waals surface area contributed by atoms with E-state index in [9.17, 15) is 24.0 Å². The van der Waals surface area contributed by atoms with Crippen molar-refractivity contribution in [3.63, 3.8) is 0 Å². The highest BCUT2D eigenvalue weighted by molar-refractivity contribution is 7.99. The van der Waals surface area contributed by atoms with Crippen LogP contribution in [0.3, 0.4) is 0 Å². The van der Waals surface area contributed by atoms with Crippen LogP contribution in [0.2, 0.25) is 0 Å². The first-order valence-electron chi connectivity index (χ1n) is 11.0. The third kappa shape index (κ3) is 10.1. The molecular formula is C24H29NO10S. The maximum Gasteiger partial charge on any atom is 0.408 e. The number of thioether (sulfide) groups is 1. The van der Waals surface area contributed by atoms with Crippen LogP contribution >= 0.6 is 11.8 Å². The largest absolute Gasteiger partial charge is 0.463 e. The number of Topliss-reactive ketones (excluding diaryl/α,β-unsaturated/α-hetero) is 1. The van der Waals surface area contributed by atoms with Crippen LogP contribution in [-0.4, -0.2) is 72.4 Å². The fourth-order valence-corrected chi connectivity index (χ4v) is 4.20. The van der Waals surface area contributed by atoms with Crippen molar-refractivity contribution in [2.24, 2.45) is 0 Å². The number of ether oxygens (including phenoxy) is 5. The van der Waals surface area contributed by atoms with Gasteiger partial charge in [0.2, 0.25) is 0 Å². The van der Waals surface area contributed by atoms with Crippen LogP contribution < -0.4 is 5.32 Å². The molecule has 1 N–H and O–H groups in total. The molecule has 1 amide bonds. The second kappa shape index (κ2) is 14.9. The van der Waals surface area contributed by atoms with Gasteiger partial charge in [0, 0.05) is 26.0 Å². The molecule has 196 valence electrons. The van der Waals surface area contributed by atoms with Crippen molar-refractivity contribution in [1.29, 1.82) is 0 Å². The number of carbonyl (C=O) groups excluding carboxylic acids is 5. The van der Waals surface area contributed by atoms with Crippen molar-refractivity contribution in [3.8, 4) is 0 Å². The Labute approximate surface area is 212 Å². The number of amides is 1. The lowest BCUT2D eigenvalue weighted by molar-refractivity contribution is -0.179. The lowest BCUT2D eigenvalue weighted by Gasteiger charge is -2.34. The minimum absolute atomic E-state index is 0.00381. The van der Waals surface area contributed by atoms with Crippen LogP contribution in [0.15, 0.2) is 43.0 Å². The molecular weight excluding hydrogens is 494 g/mol. The monoisotopic (exact) mass is 523 g/mol. The van der Waals surface area contributed by atoms with E-state index in [0.29, 0.717) is 0 Å². The number of hydrogen-bond donors (Lipinski definition) is 1. The van der Waals surface area contributed by atoms with Gasteiger partial charge in [-0.1, -0.05) is 43.0 Å². The molecule has 0 bridgehead atoms. The van der Waals surface area contributed by atoms with Crippen molar-refractivity contribution >= 4 is 41.5 Å². The Morgan fingerprint density at radius 1 is 1.14 bits per heavy atom. The van der Waals surface area contributed by atoms with E-state index in [1.165, 1.54) is 13.0 Å². The third-order valence-corrected chi connectivity index (χ3v) is 5.85. The molecule has 1 aromatic carbocycles. The lowest BCUT2D eigenvalue weighted by atomic mass is 10.0. The van der Waals surface area contributed by atoms with Gasteiger partial charge in [-0.25, -0.2) is 9.59 Å². The Morgan fingerprint density at radius 3 is 2.50 bits per heavy atom. The van der Waals surface area contributed by atoms with Gasteiger partial charge in [0.25, 0.3) is 0 Å². The highest BCUT2D eigenvalue weighted by Gasteiger charge is 2.41. The summed E-state index contributed by atoms with van der Waals surface area (Å²) in [6.45, 7) is 5.47. The van der Waals surface area contributed by atoms with Crippen LogP contribution in [-0.2, 0) is 49.5 Å². The van der Waals surface area contributed by atoms with Gasteiger partial charge < -0.3 is 29.0 Å². The molecule has 1 saturated heterocycles. The summed E-state index contributed by atoms with van der Waals surface area (Å²) in [6.07, 6.45) is -1.83. The first-order valence-corrected chi connectivity index (χ1v) is 12.1. The standard InChI is InChI=1S/C24H29NO10S/c1-4-10-31-23(29)18(25-24(30)33-12-17-8-6-5-7-9-17)14-36-21-11-19(28)22(34-16(3)27)20(35-21)13-32-15(2)26/h4-9,18,20-22H,1,10-14H2,2-3H3,(H,25,30)/t18-,20+,21+,22-/m0/s1. The second-order valence-corrected chi connectivity index (χ2v) is 8.81. The van der Waals surface area contributed by atoms with Crippen molar-refractivity contribution < 1.29 is 47.7 Å². The molecule has 4 atom stereocenters. The minimum atomic E-state index is -1.22. The summed E-state index contributed by atoms with van der Waals surface area (Å²) >= 11 is 1.07. The Kier molecular flexibility index (Phi) is 11.9. The summed E-state index contributed by atoms with van der Waals surface area (Å²) in [5, 5.41) is 2.46. The summed E-state index contributed by atoms with van der Waals surface area (Å²) < 4.78 is 26.0. The number of ketones is 1. The van der Waals surface area contributed by atoms with Gasteiger partial charge >= 0.3 is 24.0 Å². The molecule has 0 unspecified atom stereocenters. The number of rotatable bonds is 12. The average Bonchev–Trinajstić information content (AvgIpc) is 2.84. The van der Waals surface area contributed by atoms with Crippen LogP contribution in [0.25, 0.3) is 0 Å². The normalized spacial score (nSPS) is 19.9. The van der Waals surface area contributed by atoms with E-state index in [4.69, 9.17) is 23.7 Å². The quantitative estimate of drug-likeness (QED) is 0.244. The minimum Gasteiger partial charge on any atom is -0.463 e. The van der Waals surface area contributed by atoms with Crippen LogP contribution in [0.5, 0.6) is 0 Å². The molecule has 0 aliphatic carbocycles. The topological polar surface area (TPSA) is 144 Å². The molecule has 11 nitrogen and oxygen atoms in total. The molecule has 1 aliphatic rings. The zero-order valence-corrected chi connectivity index (χ0v) is 20.8. The highest BCUT2D eigenvalue weighted by atomic mass is 32.2. The van der Waals surface area contributed by atoms with Gasteiger partial charge in [-0.15, -0.1) is 11.8 Å². The lowest BCUT2D eigenvalue weighted by Crippen LogP contribution is -2.50. The molecule has 2 rings (SSSR count). The van der Waals surface area contributed by atoms with Gasteiger partial charge in [0.05, 0.1) is 0 Å². The first-order chi connectivity index (χ1) is 17.2. The van der Waals surface area contributed by atoms with Crippen molar-refractivity contribution in [1.82, 2.24) is 5.32 Å². The molecule has 1 aromatic rings. The maximum absolute atomic E-state index is 12.6. The van der Waals surface area contributed by atoms with E-state index < -0.39 is 53.5 Å². The predicted octanol–water partition coefficient (Wildman–Crippen LogP) is 1.92. The van der Waals surface area contributed by atoms with Gasteiger partial charge in [-0.05, 0) is 5.56 Å². The summed E-state index contributed by atoms with van der Waals surface area (Å²) in [4.78, 5) is 60.0. The Bertz CT molecular complexity index is 938. The summed E-state index contributed by atoms with van der Waals surface area (Å²) in [7, 11) is 0. The third-order valence-electron chi connectivity index (χ3n) is 4.67. The molecule has 0 spiro atoms. The Balaban J connectivity index is 2.00. The van der Waals surface area contributed by atoms with Gasteiger partial charge in [-0.2, -0.15) is 0 Å². The van der Waals surface area contributed by atoms with Crippen LogP contribution in [0.1, 0.15) is 25.8 Å². The summed E-state index contributed by atoms with van der Waals surface area (Å²) in [5.41, 5.74) is 0.00444. The smallest absolute Gasteiger partial charge is 0.408 e. The molecule has 0 aromatic heterocycles. The first kappa shape index (κ1) is 28.9. The highest BCUT2D eigenvalue weighted by Crippen LogP contribution is 2.28. The van der Waals surface area contributed by atoms with E-state index in [2.05, 4.69) is 11.9 Å². The molecule has 1 aliphatic heterocycles. The Hall–Kier alpha value is -3.38. The SMILES string of the molecule is C=CCOC(=O)[C@H](CS[C@@H]1CC(=O)[C@H](OC(C)=O)[C@@H](COC(C)=O)O1)NC(=O)OCc1ccccc1. The maximum atomic E-state index is 12.6. The number of alkyl carbamates (subject to hydrolysis) is 1. The molecule has 1 heterocycles. The van der Waals surface area contributed by atoms with E-state index in [1.54, 1.807) is 24.3 Å².